The van der Waals surface area contributed by atoms with Gasteiger partial charge in [-0.15, -0.1) is 5.10 Å². The zero-order valence-corrected chi connectivity index (χ0v) is 8.43. The number of carboxylic acids is 1. The molecule has 15 heavy (non-hydrogen) atoms. The van der Waals surface area contributed by atoms with Crippen molar-refractivity contribution in [3.05, 3.63) is 23.3 Å². The SMILES string of the molecule is CCc1nc2nc(C(=O)O)cc(C)n2n1. The number of aromatic carboxylic acids is 1. The third-order valence-corrected chi connectivity index (χ3v) is 2.07. The molecule has 2 aromatic heterocycles. The smallest absolute Gasteiger partial charge is 0.354 e. The Morgan fingerprint density at radius 1 is 1.53 bits per heavy atom. The van der Waals surface area contributed by atoms with Gasteiger partial charge >= 0.3 is 5.97 Å². The average Bonchev–Trinajstić information content (AvgIpc) is 2.61. The van der Waals surface area contributed by atoms with E-state index in [2.05, 4.69) is 15.1 Å². The van der Waals surface area contributed by atoms with Crippen molar-refractivity contribution in [2.24, 2.45) is 0 Å². The van der Waals surface area contributed by atoms with Crippen LogP contribution in [0.2, 0.25) is 0 Å². The Kier molecular flexibility index (Phi) is 2.11. The third kappa shape index (κ3) is 1.54. The van der Waals surface area contributed by atoms with Crippen LogP contribution in [0.1, 0.15) is 28.9 Å². The van der Waals surface area contributed by atoms with E-state index in [9.17, 15) is 4.79 Å². The number of aryl methyl sites for hydroxylation is 2. The summed E-state index contributed by atoms with van der Waals surface area (Å²) in [7, 11) is 0. The van der Waals surface area contributed by atoms with Crippen LogP contribution in [0.15, 0.2) is 6.07 Å². The molecule has 0 saturated carbocycles. The van der Waals surface area contributed by atoms with Crippen LogP contribution < -0.4 is 0 Å². The maximum atomic E-state index is 10.8. The van der Waals surface area contributed by atoms with Gasteiger partial charge in [0.05, 0.1) is 0 Å². The highest BCUT2D eigenvalue weighted by Gasteiger charge is 2.11. The van der Waals surface area contributed by atoms with Crippen LogP contribution in [0.4, 0.5) is 0 Å². The molecule has 0 amide bonds. The number of hydrogen-bond donors (Lipinski definition) is 1. The molecule has 0 bridgehead atoms. The number of carboxylic acid groups (broad SMARTS) is 1. The second-order valence-corrected chi connectivity index (χ2v) is 3.18. The summed E-state index contributed by atoms with van der Waals surface area (Å²) >= 11 is 0. The molecule has 0 atom stereocenters. The molecule has 0 aliphatic rings. The van der Waals surface area contributed by atoms with Gasteiger partial charge in [-0.3, -0.25) is 0 Å². The van der Waals surface area contributed by atoms with E-state index in [1.807, 2.05) is 6.92 Å². The van der Waals surface area contributed by atoms with Gasteiger partial charge in [-0.2, -0.15) is 4.98 Å². The maximum Gasteiger partial charge on any atom is 0.354 e. The lowest BCUT2D eigenvalue weighted by Gasteiger charge is -1.98. The lowest BCUT2D eigenvalue weighted by atomic mass is 10.3. The Bertz CT molecular complexity index is 532. The van der Waals surface area contributed by atoms with Crippen LogP contribution in [0, 0.1) is 6.92 Å². The summed E-state index contributed by atoms with van der Waals surface area (Å²) < 4.78 is 1.55. The number of carbonyl (C=O) groups is 1. The molecule has 0 aliphatic heterocycles. The van der Waals surface area contributed by atoms with E-state index in [0.29, 0.717) is 23.7 Å². The Balaban J connectivity index is 2.70. The normalized spacial score (nSPS) is 10.8. The summed E-state index contributed by atoms with van der Waals surface area (Å²) in [6.45, 7) is 3.71. The van der Waals surface area contributed by atoms with Gasteiger partial charge in [0.25, 0.3) is 5.78 Å². The molecule has 0 spiro atoms. The molecule has 0 saturated heterocycles. The molecule has 0 fully saturated rings. The molecular formula is C9H10N4O2. The van der Waals surface area contributed by atoms with Crippen molar-refractivity contribution in [3.8, 4) is 0 Å². The highest BCUT2D eigenvalue weighted by atomic mass is 16.4. The van der Waals surface area contributed by atoms with Crippen molar-refractivity contribution < 1.29 is 9.90 Å². The Labute approximate surface area is 85.6 Å². The molecule has 0 aliphatic carbocycles. The van der Waals surface area contributed by atoms with Crippen LogP contribution in [0.3, 0.4) is 0 Å². The summed E-state index contributed by atoms with van der Waals surface area (Å²) in [5.41, 5.74) is 0.708. The van der Waals surface area contributed by atoms with E-state index in [-0.39, 0.29) is 5.69 Å². The first-order valence-corrected chi connectivity index (χ1v) is 4.58. The first-order chi connectivity index (χ1) is 7.11. The van der Waals surface area contributed by atoms with Crippen LogP contribution in [0.5, 0.6) is 0 Å². The predicted octanol–water partition coefficient (Wildman–Crippen LogP) is 0.693. The minimum Gasteiger partial charge on any atom is -0.477 e. The summed E-state index contributed by atoms with van der Waals surface area (Å²) in [5, 5.41) is 13.0. The zero-order chi connectivity index (χ0) is 11.0. The van der Waals surface area contributed by atoms with Crippen molar-refractivity contribution >= 4 is 11.7 Å². The van der Waals surface area contributed by atoms with E-state index < -0.39 is 5.97 Å². The standard InChI is InChI=1S/C9H10N4O2/c1-3-7-11-9-10-6(8(14)15)4-5(2)13(9)12-7/h4H,3H2,1-2H3,(H,14,15). The molecule has 0 radical (unpaired) electrons. The molecule has 0 unspecified atom stereocenters. The number of fused-ring (bicyclic) bond motifs is 1. The van der Waals surface area contributed by atoms with Gasteiger partial charge in [0.2, 0.25) is 0 Å². The predicted molar refractivity (Wildman–Crippen MR) is 51.9 cm³/mol. The van der Waals surface area contributed by atoms with Gasteiger partial charge in [-0.1, -0.05) is 6.92 Å². The second-order valence-electron chi connectivity index (χ2n) is 3.18. The molecule has 2 heterocycles. The number of hydrogen-bond acceptors (Lipinski definition) is 4. The quantitative estimate of drug-likeness (QED) is 0.782. The maximum absolute atomic E-state index is 10.8. The van der Waals surface area contributed by atoms with E-state index in [4.69, 9.17) is 5.11 Å². The van der Waals surface area contributed by atoms with E-state index in [1.165, 1.54) is 6.07 Å². The summed E-state index contributed by atoms with van der Waals surface area (Å²) in [4.78, 5) is 18.8. The van der Waals surface area contributed by atoms with E-state index in [1.54, 1.807) is 11.4 Å². The van der Waals surface area contributed by atoms with Crippen molar-refractivity contribution in [1.29, 1.82) is 0 Å². The largest absolute Gasteiger partial charge is 0.477 e. The van der Waals surface area contributed by atoms with Gasteiger partial charge in [0, 0.05) is 12.1 Å². The fraction of sp³-hybridized carbons (Fsp3) is 0.333. The first kappa shape index (κ1) is 9.57. The van der Waals surface area contributed by atoms with Gasteiger partial charge in [0.1, 0.15) is 0 Å². The summed E-state index contributed by atoms with van der Waals surface area (Å²) in [6, 6.07) is 1.48. The monoisotopic (exact) mass is 206 g/mol. The molecule has 2 aromatic rings. The Morgan fingerprint density at radius 2 is 2.27 bits per heavy atom. The number of nitrogens with zero attached hydrogens (tertiary/aromatic N) is 4. The van der Waals surface area contributed by atoms with E-state index in [0.717, 1.165) is 0 Å². The average molecular weight is 206 g/mol. The van der Waals surface area contributed by atoms with Gasteiger partial charge in [0.15, 0.2) is 11.5 Å². The minimum absolute atomic E-state index is 0.00458. The molecule has 78 valence electrons. The van der Waals surface area contributed by atoms with Crippen molar-refractivity contribution in [1.82, 2.24) is 19.6 Å². The minimum atomic E-state index is -1.05. The zero-order valence-electron chi connectivity index (χ0n) is 8.43. The van der Waals surface area contributed by atoms with Crippen molar-refractivity contribution in [3.63, 3.8) is 0 Å². The van der Waals surface area contributed by atoms with Crippen LogP contribution in [0.25, 0.3) is 5.78 Å². The van der Waals surface area contributed by atoms with Crippen LogP contribution >= 0.6 is 0 Å². The van der Waals surface area contributed by atoms with Crippen molar-refractivity contribution in [2.75, 3.05) is 0 Å². The van der Waals surface area contributed by atoms with Crippen LogP contribution in [-0.2, 0) is 6.42 Å². The van der Waals surface area contributed by atoms with Crippen LogP contribution in [-0.4, -0.2) is 30.7 Å². The second kappa shape index (κ2) is 3.30. The van der Waals surface area contributed by atoms with Gasteiger partial charge in [-0.25, -0.2) is 14.3 Å². The lowest BCUT2D eigenvalue weighted by molar-refractivity contribution is 0.0690. The highest BCUT2D eigenvalue weighted by Crippen LogP contribution is 2.06. The molecule has 0 aromatic carbocycles. The molecule has 1 N–H and O–H groups in total. The molecular weight excluding hydrogens is 196 g/mol. The highest BCUT2D eigenvalue weighted by molar-refractivity contribution is 5.85. The molecule has 6 heteroatoms. The van der Waals surface area contributed by atoms with Gasteiger partial charge in [-0.05, 0) is 13.0 Å². The van der Waals surface area contributed by atoms with Gasteiger partial charge < -0.3 is 5.11 Å². The Morgan fingerprint density at radius 3 is 2.87 bits per heavy atom. The number of rotatable bonds is 2. The lowest BCUT2D eigenvalue weighted by Crippen LogP contribution is -2.05. The third-order valence-electron chi connectivity index (χ3n) is 2.07. The Hall–Kier alpha value is -1.98. The molecule has 2 rings (SSSR count). The fourth-order valence-corrected chi connectivity index (χ4v) is 1.31. The summed E-state index contributed by atoms with van der Waals surface area (Å²) in [5.74, 6) is -0.0564. The van der Waals surface area contributed by atoms with Crippen molar-refractivity contribution in [2.45, 2.75) is 20.3 Å². The first-order valence-electron chi connectivity index (χ1n) is 4.58. The summed E-state index contributed by atoms with van der Waals surface area (Å²) in [6.07, 6.45) is 0.700. The number of aromatic nitrogens is 4. The fourth-order valence-electron chi connectivity index (χ4n) is 1.31. The molecule has 6 nitrogen and oxygen atoms in total. The van der Waals surface area contributed by atoms with E-state index >= 15 is 0 Å². The topological polar surface area (TPSA) is 80.4 Å².